The van der Waals surface area contributed by atoms with Crippen LogP contribution in [-0.4, -0.2) is 28.9 Å². The standard InChI is InChI=1S/C11H20N4/c1-15-9-6-11(14-15)13-8-7-12-10-4-2-3-5-10/h6,9-10,12H,2-5,7-8H2,1H3,(H,13,14). The Kier molecular flexibility index (Phi) is 3.61. The lowest BCUT2D eigenvalue weighted by Crippen LogP contribution is -2.30. The van der Waals surface area contributed by atoms with Gasteiger partial charge in [0, 0.05) is 38.4 Å². The molecule has 2 N–H and O–H groups in total. The average molecular weight is 208 g/mol. The molecule has 1 fully saturated rings. The molecule has 2 rings (SSSR count). The molecule has 0 unspecified atom stereocenters. The van der Waals surface area contributed by atoms with Gasteiger partial charge >= 0.3 is 0 Å². The molecule has 84 valence electrons. The van der Waals surface area contributed by atoms with Crippen molar-refractivity contribution in [2.24, 2.45) is 7.05 Å². The minimum absolute atomic E-state index is 0.760. The van der Waals surface area contributed by atoms with Crippen molar-refractivity contribution in [3.63, 3.8) is 0 Å². The molecule has 0 saturated heterocycles. The molecule has 0 atom stereocenters. The Hall–Kier alpha value is -1.03. The van der Waals surface area contributed by atoms with E-state index in [1.165, 1.54) is 25.7 Å². The zero-order chi connectivity index (χ0) is 10.5. The molecule has 0 bridgehead atoms. The van der Waals surface area contributed by atoms with Crippen LogP contribution in [0.15, 0.2) is 12.3 Å². The highest BCUT2D eigenvalue weighted by Crippen LogP contribution is 2.17. The summed E-state index contributed by atoms with van der Waals surface area (Å²) in [5, 5.41) is 11.1. The molecular weight excluding hydrogens is 188 g/mol. The maximum atomic E-state index is 4.26. The van der Waals surface area contributed by atoms with Crippen LogP contribution in [-0.2, 0) is 7.05 Å². The van der Waals surface area contributed by atoms with Gasteiger partial charge in [-0.1, -0.05) is 12.8 Å². The van der Waals surface area contributed by atoms with Crippen LogP contribution in [0.5, 0.6) is 0 Å². The number of aromatic nitrogens is 2. The molecule has 1 saturated carbocycles. The van der Waals surface area contributed by atoms with Gasteiger partial charge in [0.2, 0.25) is 0 Å². The van der Waals surface area contributed by atoms with E-state index in [-0.39, 0.29) is 0 Å². The predicted molar refractivity (Wildman–Crippen MR) is 62.0 cm³/mol. The number of hydrogen-bond donors (Lipinski definition) is 2. The van der Waals surface area contributed by atoms with Crippen LogP contribution in [0.25, 0.3) is 0 Å². The molecule has 0 spiro atoms. The van der Waals surface area contributed by atoms with Crippen molar-refractivity contribution in [1.29, 1.82) is 0 Å². The molecule has 1 aromatic heterocycles. The van der Waals surface area contributed by atoms with Crippen LogP contribution >= 0.6 is 0 Å². The second-order valence-corrected chi connectivity index (χ2v) is 4.24. The smallest absolute Gasteiger partial charge is 0.148 e. The SMILES string of the molecule is Cn1ccc(NCCNC2CCCC2)n1. The number of aryl methyl sites for hydroxylation is 1. The number of nitrogens with one attached hydrogen (secondary N) is 2. The number of hydrogen-bond acceptors (Lipinski definition) is 3. The fraction of sp³-hybridized carbons (Fsp3) is 0.727. The fourth-order valence-corrected chi connectivity index (χ4v) is 2.11. The maximum absolute atomic E-state index is 4.26. The van der Waals surface area contributed by atoms with Crippen LogP contribution in [0.3, 0.4) is 0 Å². The summed E-state index contributed by atoms with van der Waals surface area (Å²) >= 11 is 0. The monoisotopic (exact) mass is 208 g/mol. The van der Waals surface area contributed by atoms with Crippen molar-refractivity contribution in [2.45, 2.75) is 31.7 Å². The Morgan fingerprint density at radius 2 is 2.20 bits per heavy atom. The summed E-state index contributed by atoms with van der Waals surface area (Å²) in [5.41, 5.74) is 0. The molecule has 1 aliphatic carbocycles. The van der Waals surface area contributed by atoms with Crippen LogP contribution in [0.4, 0.5) is 5.82 Å². The van der Waals surface area contributed by atoms with E-state index in [9.17, 15) is 0 Å². The van der Waals surface area contributed by atoms with E-state index in [1.807, 2.05) is 24.0 Å². The summed E-state index contributed by atoms with van der Waals surface area (Å²) in [6.45, 7) is 1.98. The van der Waals surface area contributed by atoms with Crippen molar-refractivity contribution in [3.05, 3.63) is 12.3 Å². The molecule has 1 aromatic rings. The molecule has 1 heterocycles. The topological polar surface area (TPSA) is 41.9 Å². The molecular formula is C11H20N4. The lowest BCUT2D eigenvalue weighted by molar-refractivity contribution is 0.536. The fourth-order valence-electron chi connectivity index (χ4n) is 2.11. The van der Waals surface area contributed by atoms with Crippen LogP contribution in [0.1, 0.15) is 25.7 Å². The van der Waals surface area contributed by atoms with Crippen molar-refractivity contribution < 1.29 is 0 Å². The highest BCUT2D eigenvalue weighted by molar-refractivity contribution is 5.31. The Morgan fingerprint density at radius 1 is 1.40 bits per heavy atom. The quantitative estimate of drug-likeness (QED) is 0.718. The Balaban J connectivity index is 1.58. The third kappa shape index (κ3) is 3.23. The van der Waals surface area contributed by atoms with Gasteiger partial charge in [-0.3, -0.25) is 4.68 Å². The number of anilines is 1. The highest BCUT2D eigenvalue weighted by Gasteiger charge is 2.13. The Morgan fingerprint density at radius 3 is 2.87 bits per heavy atom. The second-order valence-electron chi connectivity index (χ2n) is 4.24. The van der Waals surface area contributed by atoms with Gasteiger partial charge in [0.05, 0.1) is 0 Å². The van der Waals surface area contributed by atoms with Gasteiger partial charge in [-0.25, -0.2) is 0 Å². The van der Waals surface area contributed by atoms with E-state index in [0.717, 1.165) is 24.9 Å². The van der Waals surface area contributed by atoms with Crippen molar-refractivity contribution in [3.8, 4) is 0 Å². The molecule has 15 heavy (non-hydrogen) atoms. The minimum atomic E-state index is 0.760. The van der Waals surface area contributed by atoms with E-state index < -0.39 is 0 Å². The summed E-state index contributed by atoms with van der Waals surface area (Å²) in [4.78, 5) is 0. The Labute approximate surface area is 91.1 Å². The van der Waals surface area contributed by atoms with Crippen molar-refractivity contribution in [2.75, 3.05) is 18.4 Å². The third-order valence-corrected chi connectivity index (χ3v) is 2.93. The molecule has 0 radical (unpaired) electrons. The van der Waals surface area contributed by atoms with E-state index in [2.05, 4.69) is 15.7 Å². The predicted octanol–water partition coefficient (Wildman–Crippen LogP) is 1.36. The first-order valence-electron chi connectivity index (χ1n) is 5.81. The first kappa shape index (κ1) is 10.5. The number of nitrogens with zero attached hydrogens (tertiary/aromatic N) is 2. The van der Waals surface area contributed by atoms with E-state index in [4.69, 9.17) is 0 Å². The summed E-state index contributed by atoms with van der Waals surface area (Å²) in [7, 11) is 1.93. The van der Waals surface area contributed by atoms with Crippen LogP contribution < -0.4 is 10.6 Å². The normalized spacial score (nSPS) is 17.1. The summed E-state index contributed by atoms with van der Waals surface area (Å²) in [6, 6.07) is 2.76. The van der Waals surface area contributed by atoms with Gasteiger partial charge in [0.25, 0.3) is 0 Å². The average Bonchev–Trinajstić information content (AvgIpc) is 2.84. The van der Waals surface area contributed by atoms with Gasteiger partial charge in [0.15, 0.2) is 0 Å². The van der Waals surface area contributed by atoms with Gasteiger partial charge < -0.3 is 10.6 Å². The second kappa shape index (κ2) is 5.16. The van der Waals surface area contributed by atoms with E-state index in [0.29, 0.717) is 0 Å². The van der Waals surface area contributed by atoms with E-state index >= 15 is 0 Å². The lowest BCUT2D eigenvalue weighted by Gasteiger charge is -2.11. The Bertz CT molecular complexity index is 289. The first-order chi connectivity index (χ1) is 7.34. The molecule has 4 nitrogen and oxygen atoms in total. The molecule has 0 amide bonds. The summed E-state index contributed by atoms with van der Waals surface area (Å²) in [5.74, 6) is 0.964. The first-order valence-corrected chi connectivity index (χ1v) is 5.81. The molecule has 1 aliphatic rings. The zero-order valence-corrected chi connectivity index (χ0v) is 9.37. The number of rotatable bonds is 5. The highest BCUT2D eigenvalue weighted by atomic mass is 15.3. The van der Waals surface area contributed by atoms with Crippen LogP contribution in [0, 0.1) is 0 Å². The maximum Gasteiger partial charge on any atom is 0.148 e. The lowest BCUT2D eigenvalue weighted by atomic mass is 10.2. The molecule has 4 heteroatoms. The van der Waals surface area contributed by atoms with Crippen LogP contribution in [0.2, 0.25) is 0 Å². The van der Waals surface area contributed by atoms with Crippen molar-refractivity contribution in [1.82, 2.24) is 15.1 Å². The van der Waals surface area contributed by atoms with Crippen molar-refractivity contribution >= 4 is 5.82 Å². The van der Waals surface area contributed by atoms with Gasteiger partial charge in [-0.05, 0) is 12.8 Å². The van der Waals surface area contributed by atoms with Gasteiger partial charge in [-0.15, -0.1) is 0 Å². The minimum Gasteiger partial charge on any atom is -0.367 e. The van der Waals surface area contributed by atoms with Gasteiger partial charge in [-0.2, -0.15) is 5.10 Å². The summed E-state index contributed by atoms with van der Waals surface area (Å²) < 4.78 is 1.81. The van der Waals surface area contributed by atoms with Gasteiger partial charge in [0.1, 0.15) is 5.82 Å². The summed E-state index contributed by atoms with van der Waals surface area (Å²) in [6.07, 6.45) is 7.44. The molecule has 0 aromatic carbocycles. The third-order valence-electron chi connectivity index (χ3n) is 2.93. The van der Waals surface area contributed by atoms with E-state index in [1.54, 1.807) is 0 Å². The largest absolute Gasteiger partial charge is 0.367 e. The zero-order valence-electron chi connectivity index (χ0n) is 9.37. The molecule has 0 aliphatic heterocycles.